The summed E-state index contributed by atoms with van der Waals surface area (Å²) < 4.78 is 7.03. The van der Waals surface area contributed by atoms with Crippen LogP contribution in [0.1, 0.15) is 28.7 Å². The number of esters is 1. The Labute approximate surface area is 146 Å². The molecular formula is C19H19N3O3. The molecule has 2 N–H and O–H groups in total. The predicted octanol–water partition coefficient (Wildman–Crippen LogP) is 2.58. The van der Waals surface area contributed by atoms with Crippen LogP contribution >= 0.6 is 0 Å². The molecule has 6 heteroatoms. The normalized spacial score (nSPS) is 11.4. The van der Waals surface area contributed by atoms with Crippen molar-refractivity contribution >= 4 is 11.8 Å². The number of ether oxygens (including phenoxy) is 1. The predicted molar refractivity (Wildman–Crippen MR) is 93.0 cm³/mol. The van der Waals surface area contributed by atoms with Crippen LogP contribution in [-0.4, -0.2) is 22.9 Å². The number of rotatable bonds is 5. The maximum Gasteiger partial charge on any atom is 0.338 e. The first-order valence-electron chi connectivity index (χ1n) is 7.67. The Morgan fingerprint density at radius 1 is 1.12 bits per heavy atom. The van der Waals surface area contributed by atoms with Gasteiger partial charge in [0.15, 0.2) is 6.61 Å². The van der Waals surface area contributed by atoms with E-state index >= 15 is 0 Å². The molecule has 0 aliphatic rings. The molecule has 1 aromatic carbocycles. The van der Waals surface area contributed by atoms with Crippen molar-refractivity contribution in [2.45, 2.75) is 20.8 Å². The van der Waals surface area contributed by atoms with Crippen molar-refractivity contribution in [2.75, 3.05) is 6.61 Å². The van der Waals surface area contributed by atoms with Crippen molar-refractivity contribution in [3.63, 3.8) is 0 Å². The Balaban J connectivity index is 2.08. The average Bonchev–Trinajstić information content (AvgIpc) is 2.92. The van der Waals surface area contributed by atoms with Crippen LogP contribution < -0.4 is 5.73 Å². The number of ketones is 1. The molecule has 1 aromatic heterocycles. The zero-order valence-electron chi connectivity index (χ0n) is 14.4. The van der Waals surface area contributed by atoms with E-state index in [1.54, 1.807) is 18.2 Å². The highest BCUT2D eigenvalue weighted by molar-refractivity contribution is 6.02. The number of benzene rings is 1. The molecule has 0 aliphatic carbocycles. The lowest BCUT2D eigenvalue weighted by Gasteiger charge is -2.10. The van der Waals surface area contributed by atoms with Crippen LogP contribution in [0.5, 0.6) is 0 Å². The number of hydrogen-bond acceptors (Lipinski definition) is 5. The summed E-state index contributed by atoms with van der Waals surface area (Å²) in [6.07, 6.45) is 0. The van der Waals surface area contributed by atoms with Crippen molar-refractivity contribution in [1.29, 1.82) is 5.26 Å². The van der Waals surface area contributed by atoms with Gasteiger partial charge in [0.2, 0.25) is 5.78 Å². The molecule has 0 amide bonds. The second kappa shape index (κ2) is 7.49. The summed E-state index contributed by atoms with van der Waals surface area (Å²) in [5.41, 5.74) is 8.79. The zero-order chi connectivity index (χ0) is 18.6. The number of carbonyl (C=O) groups excluding carboxylic acids is 2. The number of nitrogens with zero attached hydrogens (tertiary/aromatic N) is 2. The molecule has 0 saturated carbocycles. The van der Waals surface area contributed by atoms with Gasteiger partial charge in [-0.05, 0) is 57.2 Å². The minimum atomic E-state index is -0.632. The van der Waals surface area contributed by atoms with Crippen LogP contribution in [0.4, 0.5) is 0 Å². The molecule has 128 valence electrons. The SMILES string of the molecule is CC(N)=C(C#N)C(=O)COC(=O)c1ccc(-n2c(C)ccc2C)cc1. The molecule has 1 heterocycles. The summed E-state index contributed by atoms with van der Waals surface area (Å²) in [6, 6.07) is 12.6. The van der Waals surface area contributed by atoms with E-state index in [1.165, 1.54) is 6.92 Å². The summed E-state index contributed by atoms with van der Waals surface area (Å²) in [4.78, 5) is 23.8. The van der Waals surface area contributed by atoms with E-state index in [2.05, 4.69) is 4.57 Å². The summed E-state index contributed by atoms with van der Waals surface area (Å²) in [5, 5.41) is 8.86. The lowest BCUT2D eigenvalue weighted by atomic mass is 10.1. The molecule has 2 rings (SSSR count). The van der Waals surface area contributed by atoms with Gasteiger partial charge in [-0.3, -0.25) is 4.79 Å². The van der Waals surface area contributed by atoms with E-state index in [-0.39, 0.29) is 11.3 Å². The van der Waals surface area contributed by atoms with E-state index in [1.807, 2.05) is 38.1 Å². The second-order valence-electron chi connectivity index (χ2n) is 5.67. The van der Waals surface area contributed by atoms with E-state index in [0.29, 0.717) is 5.56 Å². The van der Waals surface area contributed by atoms with Crippen molar-refractivity contribution in [2.24, 2.45) is 5.73 Å². The van der Waals surface area contributed by atoms with Crippen LogP contribution in [0.3, 0.4) is 0 Å². The lowest BCUT2D eigenvalue weighted by Crippen LogP contribution is -2.17. The molecule has 0 bridgehead atoms. The van der Waals surface area contributed by atoms with E-state index in [0.717, 1.165) is 17.1 Å². The third kappa shape index (κ3) is 3.96. The highest BCUT2D eigenvalue weighted by atomic mass is 16.5. The van der Waals surface area contributed by atoms with Gasteiger partial charge in [-0.2, -0.15) is 5.26 Å². The maximum absolute atomic E-state index is 12.1. The Hall–Kier alpha value is -3.33. The van der Waals surface area contributed by atoms with Gasteiger partial charge >= 0.3 is 5.97 Å². The van der Waals surface area contributed by atoms with Crippen LogP contribution in [-0.2, 0) is 9.53 Å². The quantitative estimate of drug-likeness (QED) is 0.514. The van der Waals surface area contributed by atoms with E-state index in [4.69, 9.17) is 15.7 Å². The van der Waals surface area contributed by atoms with E-state index < -0.39 is 18.4 Å². The number of Topliss-reactive ketones (excluding diaryl/α,β-unsaturated/α-hetero) is 1. The van der Waals surface area contributed by atoms with Crippen LogP contribution in [0.25, 0.3) is 5.69 Å². The van der Waals surface area contributed by atoms with Crippen LogP contribution in [0.15, 0.2) is 47.7 Å². The third-order valence-electron chi connectivity index (χ3n) is 3.75. The number of allylic oxidation sites excluding steroid dienone is 1. The third-order valence-corrected chi connectivity index (χ3v) is 3.75. The summed E-state index contributed by atoms with van der Waals surface area (Å²) in [6.45, 7) is 4.93. The van der Waals surface area contributed by atoms with Gasteiger partial charge in [0, 0.05) is 22.8 Å². The van der Waals surface area contributed by atoms with Gasteiger partial charge in [-0.1, -0.05) is 0 Å². The molecule has 6 nitrogen and oxygen atoms in total. The smallest absolute Gasteiger partial charge is 0.338 e. The first-order valence-corrected chi connectivity index (χ1v) is 7.67. The Morgan fingerprint density at radius 2 is 1.68 bits per heavy atom. The fourth-order valence-corrected chi connectivity index (χ4v) is 2.48. The minimum absolute atomic E-state index is 0.102. The number of nitrogens with two attached hydrogens (primary N) is 1. The fourth-order valence-electron chi connectivity index (χ4n) is 2.48. The van der Waals surface area contributed by atoms with Crippen molar-refractivity contribution in [1.82, 2.24) is 4.57 Å². The fraction of sp³-hybridized carbons (Fsp3) is 0.211. The molecule has 0 fully saturated rings. The van der Waals surface area contributed by atoms with Gasteiger partial charge in [-0.15, -0.1) is 0 Å². The number of carbonyl (C=O) groups is 2. The van der Waals surface area contributed by atoms with Crippen LogP contribution in [0.2, 0.25) is 0 Å². The van der Waals surface area contributed by atoms with Gasteiger partial charge in [0.25, 0.3) is 0 Å². The highest BCUT2D eigenvalue weighted by Crippen LogP contribution is 2.17. The number of aromatic nitrogens is 1. The average molecular weight is 337 g/mol. The van der Waals surface area contributed by atoms with Gasteiger partial charge in [0.05, 0.1) is 5.56 Å². The molecule has 0 spiro atoms. The van der Waals surface area contributed by atoms with E-state index in [9.17, 15) is 9.59 Å². The lowest BCUT2D eigenvalue weighted by molar-refractivity contribution is -0.118. The van der Waals surface area contributed by atoms with Crippen molar-refractivity contribution in [3.05, 3.63) is 64.6 Å². The second-order valence-corrected chi connectivity index (χ2v) is 5.67. The molecule has 0 atom stereocenters. The Kier molecular flexibility index (Phi) is 5.40. The topological polar surface area (TPSA) is 98.1 Å². The number of hydrogen-bond donors (Lipinski definition) is 1. The molecule has 0 unspecified atom stereocenters. The summed E-state index contributed by atoms with van der Waals surface area (Å²) in [7, 11) is 0. The van der Waals surface area contributed by atoms with Gasteiger partial charge < -0.3 is 15.0 Å². The van der Waals surface area contributed by atoms with Crippen molar-refractivity contribution in [3.8, 4) is 11.8 Å². The Bertz CT molecular complexity index is 860. The van der Waals surface area contributed by atoms with Crippen molar-refractivity contribution < 1.29 is 14.3 Å². The van der Waals surface area contributed by atoms with Crippen LogP contribution in [0, 0.1) is 25.2 Å². The molecule has 0 radical (unpaired) electrons. The molecule has 2 aromatic rings. The highest BCUT2D eigenvalue weighted by Gasteiger charge is 2.15. The molecular weight excluding hydrogens is 318 g/mol. The summed E-state index contributed by atoms with van der Waals surface area (Å²) in [5.74, 6) is -1.25. The zero-order valence-corrected chi connectivity index (χ0v) is 14.4. The monoisotopic (exact) mass is 337 g/mol. The van der Waals surface area contributed by atoms with Gasteiger partial charge in [0.1, 0.15) is 11.6 Å². The largest absolute Gasteiger partial charge is 0.454 e. The summed E-state index contributed by atoms with van der Waals surface area (Å²) >= 11 is 0. The molecule has 25 heavy (non-hydrogen) atoms. The molecule has 0 saturated heterocycles. The first-order chi connectivity index (χ1) is 11.8. The minimum Gasteiger partial charge on any atom is -0.454 e. The first kappa shape index (κ1) is 18.0. The van der Waals surface area contributed by atoms with Gasteiger partial charge in [-0.25, -0.2) is 4.79 Å². The molecule has 0 aliphatic heterocycles. The standard InChI is InChI=1S/C19H19N3O3/c1-12-4-5-13(2)22(12)16-8-6-15(7-9-16)19(24)25-11-18(23)17(10-20)14(3)21/h4-9H,11,21H2,1-3H3. The maximum atomic E-state index is 12.1. The Morgan fingerprint density at radius 3 is 2.16 bits per heavy atom. The number of nitriles is 1. The number of aryl methyl sites for hydroxylation is 2.